The van der Waals surface area contributed by atoms with Gasteiger partial charge in [0.15, 0.2) is 0 Å². The van der Waals surface area contributed by atoms with Crippen LogP contribution in [0, 0.1) is 0 Å². The summed E-state index contributed by atoms with van der Waals surface area (Å²) in [5, 5.41) is 3.10. The second-order valence-electron chi connectivity index (χ2n) is 5.33. The molecule has 1 aliphatic rings. The van der Waals surface area contributed by atoms with Crippen LogP contribution in [0.2, 0.25) is 0 Å². The highest BCUT2D eigenvalue weighted by atomic mass is 16.1. The molecule has 0 bridgehead atoms. The molecule has 1 aromatic rings. The van der Waals surface area contributed by atoms with E-state index in [4.69, 9.17) is 11.5 Å². The Kier molecular flexibility index (Phi) is 4.93. The first-order chi connectivity index (χ1) is 9.19. The lowest BCUT2D eigenvalue weighted by Crippen LogP contribution is -2.41. The van der Waals surface area contributed by atoms with Crippen LogP contribution < -0.4 is 16.8 Å². The van der Waals surface area contributed by atoms with Gasteiger partial charge in [0.05, 0.1) is 6.42 Å². The zero-order valence-corrected chi connectivity index (χ0v) is 11.3. The van der Waals surface area contributed by atoms with Crippen LogP contribution in [-0.4, -0.2) is 18.0 Å². The molecule has 0 heterocycles. The Balaban J connectivity index is 1.87. The summed E-state index contributed by atoms with van der Waals surface area (Å²) < 4.78 is 0. The molecule has 2 rings (SSSR count). The zero-order chi connectivity index (χ0) is 13.7. The summed E-state index contributed by atoms with van der Waals surface area (Å²) in [6.07, 6.45) is 4.40. The van der Waals surface area contributed by atoms with Gasteiger partial charge in [-0.3, -0.25) is 4.79 Å². The van der Waals surface area contributed by atoms with Gasteiger partial charge < -0.3 is 16.8 Å². The van der Waals surface area contributed by atoms with Crippen molar-refractivity contribution in [2.24, 2.45) is 11.5 Å². The third kappa shape index (κ3) is 4.04. The van der Waals surface area contributed by atoms with Crippen molar-refractivity contribution in [2.45, 2.75) is 50.7 Å². The number of hydrogen-bond acceptors (Lipinski definition) is 3. The minimum absolute atomic E-state index is 0.0846. The van der Waals surface area contributed by atoms with Crippen molar-refractivity contribution in [1.29, 1.82) is 0 Å². The number of benzene rings is 1. The van der Waals surface area contributed by atoms with E-state index in [0.29, 0.717) is 19.0 Å². The van der Waals surface area contributed by atoms with Crippen molar-refractivity contribution in [3.63, 3.8) is 0 Å². The summed E-state index contributed by atoms with van der Waals surface area (Å²) in [5.74, 6) is 0.0846. The third-order valence-corrected chi connectivity index (χ3v) is 3.83. The van der Waals surface area contributed by atoms with E-state index in [1.54, 1.807) is 0 Å². The molecule has 0 aliphatic heterocycles. The van der Waals surface area contributed by atoms with E-state index >= 15 is 0 Å². The Morgan fingerprint density at radius 2 is 1.79 bits per heavy atom. The first kappa shape index (κ1) is 14.0. The molecule has 4 heteroatoms. The predicted octanol–water partition coefficient (Wildman–Crippen LogP) is 1.07. The lowest BCUT2D eigenvalue weighted by atomic mass is 9.91. The molecule has 0 atom stereocenters. The van der Waals surface area contributed by atoms with Crippen molar-refractivity contribution in [1.82, 2.24) is 5.32 Å². The molecule has 0 saturated heterocycles. The average molecular weight is 261 g/mol. The molecule has 1 fully saturated rings. The van der Waals surface area contributed by atoms with Gasteiger partial charge in [-0.2, -0.15) is 0 Å². The SMILES string of the molecule is NCc1ccccc1CC(=O)NC1CCC(N)CC1. The standard InChI is InChI=1S/C15H23N3O/c16-10-12-4-2-1-3-11(12)9-15(19)18-14-7-5-13(17)6-8-14/h1-4,13-14H,5-10,16-17H2,(H,18,19). The average Bonchev–Trinajstić information content (AvgIpc) is 2.42. The number of amides is 1. The smallest absolute Gasteiger partial charge is 0.224 e. The Hall–Kier alpha value is -1.39. The summed E-state index contributed by atoms with van der Waals surface area (Å²) in [7, 11) is 0. The van der Waals surface area contributed by atoms with E-state index in [1.165, 1.54) is 0 Å². The van der Waals surface area contributed by atoms with Crippen molar-refractivity contribution in [3.8, 4) is 0 Å². The largest absolute Gasteiger partial charge is 0.353 e. The first-order valence-electron chi connectivity index (χ1n) is 7.01. The Morgan fingerprint density at radius 3 is 2.42 bits per heavy atom. The highest BCUT2D eigenvalue weighted by Crippen LogP contribution is 2.17. The van der Waals surface area contributed by atoms with Gasteiger partial charge in [0.25, 0.3) is 0 Å². The van der Waals surface area contributed by atoms with Gasteiger partial charge in [0.2, 0.25) is 5.91 Å². The zero-order valence-electron chi connectivity index (χ0n) is 11.3. The van der Waals surface area contributed by atoms with Gasteiger partial charge in [-0.1, -0.05) is 24.3 Å². The number of carbonyl (C=O) groups is 1. The minimum Gasteiger partial charge on any atom is -0.353 e. The molecule has 0 unspecified atom stereocenters. The number of carbonyl (C=O) groups excluding carboxylic acids is 1. The Labute approximate surface area is 114 Å². The van der Waals surface area contributed by atoms with Crippen LogP contribution in [0.15, 0.2) is 24.3 Å². The number of hydrogen-bond donors (Lipinski definition) is 3. The van der Waals surface area contributed by atoms with E-state index in [0.717, 1.165) is 36.8 Å². The molecule has 0 radical (unpaired) electrons. The van der Waals surface area contributed by atoms with Crippen LogP contribution in [0.1, 0.15) is 36.8 Å². The maximum Gasteiger partial charge on any atom is 0.224 e. The van der Waals surface area contributed by atoms with E-state index in [2.05, 4.69) is 5.32 Å². The molecule has 1 saturated carbocycles. The van der Waals surface area contributed by atoms with E-state index < -0.39 is 0 Å². The van der Waals surface area contributed by atoms with Gasteiger partial charge in [-0.15, -0.1) is 0 Å². The lowest BCUT2D eigenvalue weighted by Gasteiger charge is -2.26. The molecule has 5 N–H and O–H groups in total. The highest BCUT2D eigenvalue weighted by Gasteiger charge is 2.20. The molecule has 4 nitrogen and oxygen atoms in total. The maximum absolute atomic E-state index is 12.0. The second-order valence-corrected chi connectivity index (χ2v) is 5.33. The normalized spacial score (nSPS) is 23.1. The van der Waals surface area contributed by atoms with Crippen LogP contribution in [0.3, 0.4) is 0 Å². The van der Waals surface area contributed by atoms with Crippen LogP contribution in [0.4, 0.5) is 0 Å². The molecule has 1 aromatic carbocycles. The molecular formula is C15H23N3O. The van der Waals surface area contributed by atoms with Gasteiger partial charge >= 0.3 is 0 Å². The fourth-order valence-corrected chi connectivity index (χ4v) is 2.64. The Morgan fingerprint density at radius 1 is 1.16 bits per heavy atom. The van der Waals surface area contributed by atoms with Crippen molar-refractivity contribution < 1.29 is 4.79 Å². The summed E-state index contributed by atoms with van der Waals surface area (Å²) in [6.45, 7) is 0.474. The van der Waals surface area contributed by atoms with Gasteiger partial charge in [0, 0.05) is 18.6 Å². The summed E-state index contributed by atoms with van der Waals surface area (Å²) in [4.78, 5) is 12.0. The maximum atomic E-state index is 12.0. The lowest BCUT2D eigenvalue weighted by molar-refractivity contribution is -0.121. The molecular weight excluding hydrogens is 238 g/mol. The molecule has 19 heavy (non-hydrogen) atoms. The van der Waals surface area contributed by atoms with E-state index in [9.17, 15) is 4.79 Å². The minimum atomic E-state index is 0.0846. The van der Waals surface area contributed by atoms with Crippen LogP contribution >= 0.6 is 0 Å². The monoisotopic (exact) mass is 261 g/mol. The van der Waals surface area contributed by atoms with Crippen molar-refractivity contribution in [3.05, 3.63) is 35.4 Å². The quantitative estimate of drug-likeness (QED) is 0.758. The predicted molar refractivity (Wildman–Crippen MR) is 76.4 cm³/mol. The Bertz CT molecular complexity index is 425. The van der Waals surface area contributed by atoms with E-state index in [1.807, 2.05) is 24.3 Å². The van der Waals surface area contributed by atoms with Crippen molar-refractivity contribution >= 4 is 5.91 Å². The summed E-state index contributed by atoms with van der Waals surface area (Å²) >= 11 is 0. The fourth-order valence-electron chi connectivity index (χ4n) is 2.64. The first-order valence-corrected chi connectivity index (χ1v) is 7.01. The number of nitrogens with two attached hydrogens (primary N) is 2. The topological polar surface area (TPSA) is 81.1 Å². The van der Waals surface area contributed by atoms with Gasteiger partial charge in [0.1, 0.15) is 0 Å². The molecule has 1 aliphatic carbocycles. The highest BCUT2D eigenvalue weighted by molar-refractivity contribution is 5.79. The molecule has 1 amide bonds. The van der Waals surface area contributed by atoms with E-state index in [-0.39, 0.29) is 11.9 Å². The third-order valence-electron chi connectivity index (χ3n) is 3.83. The molecule has 0 spiro atoms. The summed E-state index contributed by atoms with van der Waals surface area (Å²) in [5.41, 5.74) is 13.6. The number of nitrogens with one attached hydrogen (secondary N) is 1. The van der Waals surface area contributed by atoms with Gasteiger partial charge in [-0.05, 0) is 36.8 Å². The van der Waals surface area contributed by atoms with Crippen LogP contribution in [0.25, 0.3) is 0 Å². The van der Waals surface area contributed by atoms with Gasteiger partial charge in [-0.25, -0.2) is 0 Å². The molecule has 0 aromatic heterocycles. The second kappa shape index (κ2) is 6.68. The van der Waals surface area contributed by atoms with Crippen LogP contribution in [0.5, 0.6) is 0 Å². The molecule has 104 valence electrons. The number of rotatable bonds is 4. The van der Waals surface area contributed by atoms with Crippen molar-refractivity contribution in [2.75, 3.05) is 0 Å². The summed E-state index contributed by atoms with van der Waals surface area (Å²) in [6, 6.07) is 8.44. The fraction of sp³-hybridized carbons (Fsp3) is 0.533. The van der Waals surface area contributed by atoms with Crippen LogP contribution in [-0.2, 0) is 17.8 Å².